The molecule has 5 nitrogen and oxygen atoms in total. The molecule has 1 aromatic heterocycles. The molecule has 2 aromatic rings. The molecule has 0 aliphatic heterocycles. The van der Waals surface area contributed by atoms with Gasteiger partial charge < -0.3 is 10.1 Å². The van der Waals surface area contributed by atoms with E-state index in [2.05, 4.69) is 10.4 Å². The van der Waals surface area contributed by atoms with Crippen LogP contribution in [-0.2, 0) is 11.8 Å². The van der Waals surface area contributed by atoms with E-state index in [1.165, 1.54) is 0 Å². The van der Waals surface area contributed by atoms with Crippen LogP contribution in [-0.4, -0.2) is 21.5 Å². The Kier molecular flexibility index (Phi) is 6.48. The average molecular weight is 376 g/mol. The van der Waals surface area contributed by atoms with E-state index in [9.17, 15) is 4.79 Å². The van der Waals surface area contributed by atoms with Crippen LogP contribution in [0.4, 0.5) is 4.79 Å². The highest BCUT2D eigenvalue weighted by Crippen LogP contribution is 2.29. The number of benzene rings is 1. The second kappa shape index (κ2) is 8.41. The minimum atomic E-state index is -0.567. The largest absolute Gasteiger partial charge is 0.444 e. The van der Waals surface area contributed by atoms with Crippen molar-refractivity contribution in [3.05, 3.63) is 58.4 Å². The van der Waals surface area contributed by atoms with Gasteiger partial charge in [-0.2, -0.15) is 5.10 Å². The third-order valence-corrected chi connectivity index (χ3v) is 4.17. The number of amides is 1. The Balaban J connectivity index is 2.21. The van der Waals surface area contributed by atoms with E-state index in [0.717, 1.165) is 16.8 Å². The highest BCUT2D eigenvalue weighted by molar-refractivity contribution is 6.30. The standard InChI is InChI=1S/C20H26ClN3O2/c1-14-17(18(21)24(5)23-14)16(22-19(25)26-20(2,3)4)13-9-12-15-10-7-6-8-11-15/h6-12,16H,13H2,1-5H3,(H,22,25)/b12-9+/t16-/m1/s1. The van der Waals surface area contributed by atoms with Gasteiger partial charge in [0, 0.05) is 12.6 Å². The van der Waals surface area contributed by atoms with Crippen LogP contribution in [0, 0.1) is 6.92 Å². The number of halogens is 1. The summed E-state index contributed by atoms with van der Waals surface area (Å²) in [4.78, 5) is 12.3. The molecule has 140 valence electrons. The van der Waals surface area contributed by atoms with Gasteiger partial charge in [-0.3, -0.25) is 4.68 Å². The van der Waals surface area contributed by atoms with Gasteiger partial charge in [0.2, 0.25) is 0 Å². The zero-order valence-corrected chi connectivity index (χ0v) is 16.7. The number of alkyl carbamates (subject to hydrolysis) is 1. The van der Waals surface area contributed by atoms with Gasteiger partial charge in [0.25, 0.3) is 0 Å². The average Bonchev–Trinajstić information content (AvgIpc) is 2.78. The molecule has 2 rings (SSSR count). The molecule has 0 radical (unpaired) electrons. The van der Waals surface area contributed by atoms with Crippen LogP contribution in [0.3, 0.4) is 0 Å². The summed E-state index contributed by atoms with van der Waals surface area (Å²) in [5.74, 6) is 0. The van der Waals surface area contributed by atoms with Gasteiger partial charge in [-0.05, 0) is 39.7 Å². The number of hydrogen-bond donors (Lipinski definition) is 1. The predicted octanol–water partition coefficient (Wildman–Crippen LogP) is 5.05. The molecule has 1 N–H and O–H groups in total. The first kappa shape index (κ1) is 20.0. The molecule has 1 aromatic carbocycles. The number of carbonyl (C=O) groups is 1. The van der Waals surface area contributed by atoms with E-state index in [0.29, 0.717) is 11.6 Å². The number of nitrogens with one attached hydrogen (secondary N) is 1. The number of rotatable bonds is 5. The molecule has 6 heteroatoms. The van der Waals surface area contributed by atoms with Gasteiger partial charge in [-0.1, -0.05) is 54.1 Å². The molecule has 26 heavy (non-hydrogen) atoms. The second-order valence-electron chi connectivity index (χ2n) is 7.16. The van der Waals surface area contributed by atoms with Crippen molar-refractivity contribution < 1.29 is 9.53 Å². The van der Waals surface area contributed by atoms with Crippen LogP contribution in [0.2, 0.25) is 5.15 Å². The van der Waals surface area contributed by atoms with Crippen LogP contribution in [0.15, 0.2) is 36.4 Å². The highest BCUT2D eigenvalue weighted by Gasteiger charge is 2.25. The number of carbonyl (C=O) groups excluding carboxylic acids is 1. The van der Waals surface area contributed by atoms with Gasteiger partial charge >= 0.3 is 6.09 Å². The van der Waals surface area contributed by atoms with Crippen molar-refractivity contribution in [3.8, 4) is 0 Å². The normalized spacial score (nSPS) is 13.0. The Morgan fingerprint density at radius 1 is 1.35 bits per heavy atom. The van der Waals surface area contributed by atoms with Gasteiger partial charge in [0.15, 0.2) is 0 Å². The zero-order chi connectivity index (χ0) is 19.3. The summed E-state index contributed by atoms with van der Waals surface area (Å²) in [5.41, 5.74) is 2.12. The molecule has 0 saturated carbocycles. The molecular weight excluding hydrogens is 350 g/mol. The Hall–Kier alpha value is -2.27. The lowest BCUT2D eigenvalue weighted by Crippen LogP contribution is -2.35. The predicted molar refractivity (Wildman–Crippen MR) is 105 cm³/mol. The maximum atomic E-state index is 12.3. The van der Waals surface area contributed by atoms with E-state index in [1.807, 2.05) is 70.2 Å². The Bertz CT molecular complexity index is 776. The summed E-state index contributed by atoms with van der Waals surface area (Å²) in [6.07, 6.45) is 4.12. The fraction of sp³-hybridized carbons (Fsp3) is 0.400. The molecule has 1 atom stereocenters. The van der Waals surface area contributed by atoms with E-state index in [-0.39, 0.29) is 6.04 Å². The van der Waals surface area contributed by atoms with Crippen LogP contribution in [0.5, 0.6) is 0 Å². The number of nitrogens with zero attached hydrogens (tertiary/aromatic N) is 2. The minimum Gasteiger partial charge on any atom is -0.444 e. The van der Waals surface area contributed by atoms with Crippen molar-refractivity contribution in [2.75, 3.05) is 0 Å². The number of ether oxygens (including phenoxy) is 1. The summed E-state index contributed by atoms with van der Waals surface area (Å²) in [6, 6.07) is 9.66. The fourth-order valence-corrected chi connectivity index (χ4v) is 2.95. The molecule has 1 amide bonds. The van der Waals surface area contributed by atoms with E-state index < -0.39 is 11.7 Å². The Morgan fingerprint density at radius 3 is 2.54 bits per heavy atom. The van der Waals surface area contributed by atoms with Crippen molar-refractivity contribution in [1.82, 2.24) is 15.1 Å². The smallest absolute Gasteiger partial charge is 0.408 e. The monoisotopic (exact) mass is 375 g/mol. The molecule has 0 saturated heterocycles. The summed E-state index contributed by atoms with van der Waals surface area (Å²) in [5, 5.41) is 7.78. The molecule has 0 aliphatic rings. The number of aryl methyl sites for hydroxylation is 2. The number of hydrogen-bond acceptors (Lipinski definition) is 3. The quantitative estimate of drug-likeness (QED) is 0.795. The van der Waals surface area contributed by atoms with Crippen LogP contribution >= 0.6 is 11.6 Å². The lowest BCUT2D eigenvalue weighted by Gasteiger charge is -2.23. The fourth-order valence-electron chi connectivity index (χ4n) is 2.65. The first-order valence-corrected chi connectivity index (χ1v) is 8.95. The van der Waals surface area contributed by atoms with Gasteiger partial charge in [-0.25, -0.2) is 4.79 Å². The van der Waals surface area contributed by atoms with E-state index in [4.69, 9.17) is 16.3 Å². The van der Waals surface area contributed by atoms with Gasteiger partial charge in [0.1, 0.15) is 10.8 Å². The lowest BCUT2D eigenvalue weighted by atomic mass is 10.0. The van der Waals surface area contributed by atoms with E-state index in [1.54, 1.807) is 11.7 Å². The molecule has 0 fully saturated rings. The lowest BCUT2D eigenvalue weighted by molar-refractivity contribution is 0.0504. The first-order valence-electron chi connectivity index (χ1n) is 8.57. The summed E-state index contributed by atoms with van der Waals surface area (Å²) in [7, 11) is 1.78. The van der Waals surface area contributed by atoms with E-state index >= 15 is 0 Å². The first-order chi connectivity index (χ1) is 12.2. The minimum absolute atomic E-state index is 0.328. The third kappa shape index (κ3) is 5.63. The summed E-state index contributed by atoms with van der Waals surface area (Å²) < 4.78 is 7.00. The zero-order valence-electron chi connectivity index (χ0n) is 15.9. The summed E-state index contributed by atoms with van der Waals surface area (Å²) in [6.45, 7) is 7.38. The van der Waals surface area contributed by atoms with Crippen LogP contribution in [0.25, 0.3) is 6.08 Å². The second-order valence-corrected chi connectivity index (χ2v) is 7.52. The topological polar surface area (TPSA) is 56.2 Å². The Labute approximate surface area is 160 Å². The van der Waals surface area contributed by atoms with Crippen molar-refractivity contribution in [1.29, 1.82) is 0 Å². The molecule has 1 heterocycles. The molecule has 0 bridgehead atoms. The maximum absolute atomic E-state index is 12.3. The maximum Gasteiger partial charge on any atom is 0.408 e. The van der Waals surface area contributed by atoms with Crippen molar-refractivity contribution >= 4 is 23.8 Å². The van der Waals surface area contributed by atoms with Crippen molar-refractivity contribution in [2.24, 2.45) is 7.05 Å². The SMILES string of the molecule is Cc1nn(C)c(Cl)c1[C@@H](C/C=C/c1ccccc1)NC(=O)OC(C)(C)C. The van der Waals surface area contributed by atoms with Crippen molar-refractivity contribution in [3.63, 3.8) is 0 Å². The van der Waals surface area contributed by atoms with Crippen LogP contribution < -0.4 is 5.32 Å². The van der Waals surface area contributed by atoms with Gasteiger partial charge in [-0.15, -0.1) is 0 Å². The molecule has 0 unspecified atom stereocenters. The highest BCUT2D eigenvalue weighted by atomic mass is 35.5. The van der Waals surface area contributed by atoms with Crippen LogP contribution in [0.1, 0.15) is 50.1 Å². The number of aromatic nitrogens is 2. The Morgan fingerprint density at radius 2 is 2.00 bits per heavy atom. The molecule has 0 aliphatic carbocycles. The van der Waals surface area contributed by atoms with Crippen molar-refractivity contribution in [2.45, 2.75) is 45.8 Å². The molecule has 0 spiro atoms. The summed E-state index contributed by atoms with van der Waals surface area (Å²) >= 11 is 6.41. The van der Waals surface area contributed by atoms with Gasteiger partial charge in [0.05, 0.1) is 11.7 Å². The third-order valence-electron chi connectivity index (χ3n) is 3.72. The molecular formula is C20H26ClN3O2.